The van der Waals surface area contributed by atoms with E-state index in [0.29, 0.717) is 0 Å². The summed E-state index contributed by atoms with van der Waals surface area (Å²) in [4.78, 5) is 0. The van der Waals surface area contributed by atoms with E-state index in [1.54, 1.807) is 22.6 Å². The van der Waals surface area contributed by atoms with Gasteiger partial charge in [-0.15, -0.1) is 0 Å². The number of alkyl halides is 1. The van der Waals surface area contributed by atoms with E-state index in [-0.39, 0.29) is 0 Å². The first-order valence-corrected chi connectivity index (χ1v) is 5.17. The smallest absolute Gasteiger partial charge is 0.170 e. The quantitative estimate of drug-likeness (QED) is 0.287. The molecule has 0 saturated carbocycles. The molecule has 5 atom stereocenters. The van der Waals surface area contributed by atoms with Crippen LogP contribution in [0.25, 0.3) is 0 Å². The van der Waals surface area contributed by atoms with Gasteiger partial charge in [-0.05, 0) is 22.6 Å². The predicted molar refractivity (Wildman–Crippen MR) is 53.8 cm³/mol. The van der Waals surface area contributed by atoms with Gasteiger partial charge in [0.2, 0.25) is 0 Å². The van der Waals surface area contributed by atoms with E-state index in [9.17, 15) is 15.3 Å². The van der Waals surface area contributed by atoms with Gasteiger partial charge in [-0.3, -0.25) is 0 Å². The first kappa shape index (κ1) is 12.6. The molecular weight excluding hydrogens is 303 g/mol. The monoisotopic (exact) mass is 316 g/mol. The number of hydrogen-bond acceptors (Lipinski definition) is 6. The highest BCUT2D eigenvalue weighted by molar-refractivity contribution is 14.1. The average Bonchev–Trinajstić information content (AvgIpc) is 2.20. The van der Waals surface area contributed by atoms with E-state index < -0.39 is 41.2 Å². The van der Waals surface area contributed by atoms with Gasteiger partial charge in [0.15, 0.2) is 3.61 Å². The molecule has 1 rings (SSSR count). The van der Waals surface area contributed by atoms with Gasteiger partial charge in [-0.25, -0.2) is 0 Å². The number of aliphatic hydroxyl groups excluding tert-OH is 5. The number of ether oxygens (including phenoxy) is 1. The molecule has 7 heteroatoms. The normalized spacial score (nSPS) is 49.3. The van der Waals surface area contributed by atoms with Gasteiger partial charge in [0.25, 0.3) is 0 Å². The minimum absolute atomic E-state index is 0.490. The van der Waals surface area contributed by atoms with Crippen LogP contribution in [0.2, 0.25) is 0 Å². The molecule has 0 radical (unpaired) electrons. The summed E-state index contributed by atoms with van der Waals surface area (Å²) in [6, 6.07) is 0. The van der Waals surface area contributed by atoms with Crippen LogP contribution in [0.4, 0.5) is 0 Å². The Kier molecular flexibility index (Phi) is 4.09. The van der Waals surface area contributed by atoms with Gasteiger partial charge in [0, 0.05) is 0 Å². The van der Waals surface area contributed by atoms with Crippen LogP contribution in [0.15, 0.2) is 0 Å². The molecule has 0 bridgehead atoms. The maximum Gasteiger partial charge on any atom is 0.170 e. The highest BCUT2D eigenvalue weighted by Gasteiger charge is 2.51. The second kappa shape index (κ2) is 4.56. The maximum atomic E-state index is 9.50. The zero-order valence-corrected chi connectivity index (χ0v) is 9.40. The summed E-state index contributed by atoms with van der Waals surface area (Å²) in [5, 5.41) is 46.1. The van der Waals surface area contributed by atoms with Crippen molar-refractivity contribution in [3.05, 3.63) is 0 Å². The van der Waals surface area contributed by atoms with E-state index in [4.69, 9.17) is 14.9 Å². The molecule has 5 N–H and O–H groups in total. The maximum absolute atomic E-state index is 9.50. The van der Waals surface area contributed by atoms with Gasteiger partial charge in [0.05, 0.1) is 13.2 Å². The fourth-order valence-electron chi connectivity index (χ4n) is 1.33. The first-order chi connectivity index (χ1) is 6.46. The molecule has 1 aliphatic heterocycles. The Bertz CT molecular complexity index is 201. The fourth-order valence-corrected chi connectivity index (χ4v) is 2.02. The third-order valence-corrected chi connectivity index (χ3v) is 3.47. The molecule has 1 aliphatic rings. The minimum atomic E-state index is -1.44. The Labute approximate surface area is 94.3 Å². The molecule has 84 valence electrons. The summed E-state index contributed by atoms with van der Waals surface area (Å²) in [6.07, 6.45) is -5.20. The van der Waals surface area contributed by atoms with Gasteiger partial charge < -0.3 is 30.3 Å². The summed E-state index contributed by atoms with van der Waals surface area (Å²) in [5.41, 5.74) is 0. The van der Waals surface area contributed by atoms with Crippen molar-refractivity contribution < 1.29 is 30.3 Å². The van der Waals surface area contributed by atoms with Crippen molar-refractivity contribution in [3.63, 3.8) is 0 Å². The summed E-state index contributed by atoms with van der Waals surface area (Å²) >= 11 is 1.64. The molecule has 0 amide bonds. The lowest BCUT2D eigenvalue weighted by Crippen LogP contribution is -2.63. The van der Waals surface area contributed by atoms with Crippen LogP contribution in [0.5, 0.6) is 0 Å². The second-order valence-corrected chi connectivity index (χ2v) is 5.04. The van der Waals surface area contributed by atoms with Crippen LogP contribution in [-0.2, 0) is 4.74 Å². The molecule has 0 unspecified atom stereocenters. The molecule has 1 saturated heterocycles. The lowest BCUT2D eigenvalue weighted by atomic mass is 9.95. The van der Waals surface area contributed by atoms with E-state index in [2.05, 4.69) is 0 Å². The number of aliphatic hydroxyl groups is 5. The van der Waals surface area contributed by atoms with Crippen molar-refractivity contribution in [2.24, 2.45) is 0 Å². The Morgan fingerprint density at radius 2 is 1.71 bits per heavy atom. The Morgan fingerprint density at radius 1 is 1.14 bits per heavy atom. The molecule has 0 aromatic carbocycles. The molecule has 0 spiro atoms. The average molecular weight is 316 g/mol. The van der Waals surface area contributed by atoms with Crippen molar-refractivity contribution in [2.45, 2.75) is 28.0 Å². The van der Waals surface area contributed by atoms with E-state index in [1.807, 2.05) is 0 Å². The van der Waals surface area contributed by atoms with Crippen molar-refractivity contribution in [3.8, 4) is 0 Å². The van der Waals surface area contributed by atoms with Crippen molar-refractivity contribution in [1.29, 1.82) is 0 Å². The molecule has 0 aromatic rings. The third-order valence-electron chi connectivity index (χ3n) is 2.24. The Morgan fingerprint density at radius 3 is 2.14 bits per heavy atom. The molecule has 0 aromatic heterocycles. The van der Waals surface area contributed by atoms with Gasteiger partial charge in [-0.1, -0.05) is 0 Å². The largest absolute Gasteiger partial charge is 0.394 e. The van der Waals surface area contributed by atoms with Crippen LogP contribution >= 0.6 is 22.6 Å². The lowest BCUT2D eigenvalue weighted by Gasteiger charge is -2.44. The standard InChI is InChI=1S/C7H13IO6/c8-7(2-10)6(13)5(12)4(11)3(1-9)14-7/h3-6,9-13H,1-2H2/t3-,4-,5+,6+,7-/m1/s1/i8-4. The summed E-state index contributed by atoms with van der Waals surface area (Å²) in [7, 11) is 0. The highest BCUT2D eigenvalue weighted by Crippen LogP contribution is 2.34. The second-order valence-electron chi connectivity index (χ2n) is 3.21. The lowest BCUT2D eigenvalue weighted by molar-refractivity contribution is -0.242. The first-order valence-electron chi connectivity index (χ1n) is 4.09. The van der Waals surface area contributed by atoms with Crippen LogP contribution in [-0.4, -0.2) is 66.8 Å². The zero-order valence-electron chi connectivity index (χ0n) is 7.25. The van der Waals surface area contributed by atoms with Crippen molar-refractivity contribution in [1.82, 2.24) is 0 Å². The highest BCUT2D eigenvalue weighted by atomic mass is 123. The zero-order chi connectivity index (χ0) is 10.9. The van der Waals surface area contributed by atoms with Crippen LogP contribution < -0.4 is 0 Å². The van der Waals surface area contributed by atoms with E-state index >= 15 is 0 Å². The van der Waals surface area contributed by atoms with Crippen molar-refractivity contribution in [2.75, 3.05) is 13.2 Å². The summed E-state index contributed by atoms with van der Waals surface area (Å²) < 4.78 is 3.71. The molecule has 6 nitrogen and oxygen atoms in total. The molecule has 0 aliphatic carbocycles. The van der Waals surface area contributed by atoms with Gasteiger partial charge in [-0.2, -0.15) is 0 Å². The number of halogens is 1. The summed E-state index contributed by atoms with van der Waals surface area (Å²) in [5.74, 6) is 0. The topological polar surface area (TPSA) is 110 Å². The number of hydrogen-bond donors (Lipinski definition) is 5. The predicted octanol–water partition coefficient (Wildman–Crippen LogP) is -2.42. The molecular formula is C7H13IO6. The third kappa shape index (κ3) is 2.03. The Balaban J connectivity index is 2.84. The van der Waals surface area contributed by atoms with Gasteiger partial charge >= 0.3 is 0 Å². The molecule has 1 heterocycles. The molecule has 1 fully saturated rings. The Hall–Kier alpha value is 0.490. The molecule has 14 heavy (non-hydrogen) atoms. The van der Waals surface area contributed by atoms with Crippen molar-refractivity contribution >= 4 is 22.6 Å². The van der Waals surface area contributed by atoms with E-state index in [0.717, 1.165) is 0 Å². The minimum Gasteiger partial charge on any atom is -0.394 e. The SMILES string of the molecule is OC[C@H]1O[C@]([123I])(CO)[C@@H](O)[C@@H](O)[C@@H]1O. The van der Waals surface area contributed by atoms with E-state index in [1.165, 1.54) is 0 Å². The van der Waals surface area contributed by atoms with Gasteiger partial charge in [0.1, 0.15) is 24.4 Å². The fraction of sp³-hybridized carbons (Fsp3) is 1.00. The van der Waals surface area contributed by atoms with Crippen LogP contribution in [0.3, 0.4) is 0 Å². The summed E-state index contributed by atoms with van der Waals surface area (Å²) in [6.45, 7) is -1.01. The van der Waals surface area contributed by atoms with Crippen LogP contribution in [0, 0.1) is 0 Å². The van der Waals surface area contributed by atoms with Crippen LogP contribution in [0.1, 0.15) is 0 Å². The number of rotatable bonds is 2.